The van der Waals surface area contributed by atoms with Gasteiger partial charge in [-0.15, -0.1) is 0 Å². The molecule has 0 radical (unpaired) electrons. The van der Waals surface area contributed by atoms with Crippen LogP contribution < -0.4 is 0 Å². The summed E-state index contributed by atoms with van der Waals surface area (Å²) >= 11 is 0. The van der Waals surface area contributed by atoms with E-state index in [0.717, 1.165) is 26.2 Å². The smallest absolute Gasteiger partial charge is 0.433 e. The van der Waals surface area contributed by atoms with Crippen LogP contribution >= 0.6 is 7.75 Å². The van der Waals surface area contributed by atoms with Crippen molar-refractivity contribution in [2.24, 2.45) is 0 Å². The molecule has 0 saturated heterocycles. The minimum absolute atomic E-state index is 0.0184. The maximum Gasteiger partial charge on any atom is 0.433 e. The Labute approximate surface area is 181 Å². The zero-order valence-corrected chi connectivity index (χ0v) is 19.6. The highest BCUT2D eigenvalue weighted by atomic mass is 31.2. The molecule has 0 aliphatic heterocycles. The molecule has 0 aliphatic carbocycles. The van der Waals surface area contributed by atoms with E-state index in [-0.39, 0.29) is 11.1 Å². The zero-order chi connectivity index (χ0) is 23.0. The molecular weight excluding hydrogens is 409 g/mol. The number of rotatable bonds is 19. The number of carbonyl (C=O) groups is 2. The first-order valence-electron chi connectivity index (χ1n) is 11.3. The normalized spacial score (nSPS) is 13.8. The quantitative estimate of drug-likeness (QED) is 0.166. The lowest BCUT2D eigenvalue weighted by atomic mass is 9.92. The molecule has 0 aromatic carbocycles. The van der Waals surface area contributed by atoms with Crippen molar-refractivity contribution in [3.8, 4) is 0 Å². The minimum atomic E-state index is -5.17. The number of hydrogen-bond donors (Lipinski definition) is 4. The number of aliphatic carboxylic acids is 1. The molecule has 8 nitrogen and oxygen atoms in total. The number of carboxylic acid groups (broad SMARTS) is 1. The fourth-order valence-electron chi connectivity index (χ4n) is 3.86. The van der Waals surface area contributed by atoms with E-state index in [1.165, 1.54) is 57.8 Å². The molecule has 0 heterocycles. The van der Waals surface area contributed by atoms with Crippen molar-refractivity contribution in [3.63, 3.8) is 0 Å². The predicted molar refractivity (Wildman–Crippen MR) is 117 cm³/mol. The Hall–Kier alpha value is -0.950. The van der Waals surface area contributed by atoms with Gasteiger partial charge in [-0.1, -0.05) is 96.8 Å². The SMILES string of the molecule is CCCCCCCCCCCCCCCC[C@](CO)(C(=O)O)N(C(C)=O)P(=O)(O)O. The molecule has 9 heteroatoms. The lowest BCUT2D eigenvalue weighted by Gasteiger charge is -2.38. The standard InChI is InChI=1S/C21H42NO7P/c1-3-4-5-6-7-8-9-10-11-12-13-14-15-16-17-21(18-23,20(25)26)22(19(2)24)30(27,28)29/h23H,3-18H2,1-2H3,(H,25,26)(H2,27,28,29)/t21-/m0/s1. The van der Waals surface area contributed by atoms with Gasteiger partial charge >= 0.3 is 13.7 Å². The first kappa shape index (κ1) is 29.1. The zero-order valence-electron chi connectivity index (χ0n) is 18.7. The summed E-state index contributed by atoms with van der Waals surface area (Å²) in [5, 5.41) is 19.1. The van der Waals surface area contributed by atoms with Crippen LogP contribution in [-0.4, -0.2) is 48.7 Å². The molecule has 0 aliphatic rings. The lowest BCUT2D eigenvalue weighted by molar-refractivity contribution is -0.157. The van der Waals surface area contributed by atoms with E-state index in [9.17, 15) is 34.2 Å². The summed E-state index contributed by atoms with van der Waals surface area (Å²) in [6, 6.07) is 0. The van der Waals surface area contributed by atoms with Crippen molar-refractivity contribution in [1.82, 2.24) is 4.67 Å². The molecule has 0 rings (SSSR count). The Balaban J connectivity index is 4.16. The average Bonchev–Trinajstić information content (AvgIpc) is 2.65. The van der Waals surface area contributed by atoms with Crippen molar-refractivity contribution in [3.05, 3.63) is 0 Å². The average molecular weight is 452 g/mol. The molecular formula is C21H42NO7P. The van der Waals surface area contributed by atoms with Gasteiger partial charge in [-0.2, -0.15) is 0 Å². The van der Waals surface area contributed by atoms with E-state index >= 15 is 0 Å². The van der Waals surface area contributed by atoms with Crippen LogP contribution in [-0.2, 0) is 14.2 Å². The first-order chi connectivity index (χ1) is 14.1. The van der Waals surface area contributed by atoms with Gasteiger partial charge in [-0.3, -0.25) is 4.79 Å². The van der Waals surface area contributed by atoms with Crippen LogP contribution in [0.4, 0.5) is 0 Å². The number of unbranched alkanes of at least 4 members (excludes halogenated alkanes) is 13. The third-order valence-electron chi connectivity index (χ3n) is 5.57. The van der Waals surface area contributed by atoms with Crippen molar-refractivity contribution in [2.75, 3.05) is 6.61 Å². The fraction of sp³-hybridized carbons (Fsp3) is 0.905. The second kappa shape index (κ2) is 15.8. The second-order valence-electron chi connectivity index (χ2n) is 8.19. The van der Waals surface area contributed by atoms with E-state index in [4.69, 9.17) is 0 Å². The van der Waals surface area contributed by atoms with Gasteiger partial charge in [-0.05, 0) is 6.42 Å². The highest BCUT2D eigenvalue weighted by Gasteiger charge is 2.52. The summed E-state index contributed by atoms with van der Waals surface area (Å²) in [4.78, 5) is 42.3. The van der Waals surface area contributed by atoms with Crippen LogP contribution in [0, 0.1) is 0 Å². The molecule has 0 saturated carbocycles. The summed E-state index contributed by atoms with van der Waals surface area (Å²) in [6.07, 6.45) is 15.4. The molecule has 0 aromatic rings. The third-order valence-corrected chi connectivity index (χ3v) is 6.75. The maximum absolute atomic E-state index is 11.7. The minimum Gasteiger partial charge on any atom is -0.479 e. The Morgan fingerprint density at radius 3 is 1.43 bits per heavy atom. The van der Waals surface area contributed by atoms with Gasteiger partial charge in [-0.25, -0.2) is 14.0 Å². The van der Waals surface area contributed by atoms with E-state index < -0.39 is 31.8 Å². The summed E-state index contributed by atoms with van der Waals surface area (Å²) < 4.78 is 11.7. The molecule has 1 amide bonds. The van der Waals surface area contributed by atoms with Crippen LogP contribution in [0.5, 0.6) is 0 Å². The number of aliphatic hydroxyl groups excluding tert-OH is 1. The Kier molecular flexibility index (Phi) is 15.3. The molecule has 178 valence electrons. The lowest BCUT2D eigenvalue weighted by Crippen LogP contribution is -2.57. The van der Waals surface area contributed by atoms with Gasteiger partial charge in [0.05, 0.1) is 6.61 Å². The topological polar surface area (TPSA) is 135 Å². The highest BCUT2D eigenvalue weighted by Crippen LogP contribution is 2.47. The number of aliphatic hydroxyl groups is 1. The molecule has 0 bridgehead atoms. The van der Waals surface area contributed by atoms with E-state index in [1.54, 1.807) is 0 Å². The molecule has 0 fully saturated rings. The van der Waals surface area contributed by atoms with Crippen LogP contribution in [0.2, 0.25) is 0 Å². The molecule has 30 heavy (non-hydrogen) atoms. The van der Waals surface area contributed by atoms with Crippen LogP contribution in [0.1, 0.15) is 110 Å². The van der Waals surface area contributed by atoms with Crippen molar-refractivity contribution >= 4 is 19.6 Å². The second-order valence-corrected chi connectivity index (χ2v) is 9.61. The molecule has 4 N–H and O–H groups in total. The maximum atomic E-state index is 11.7. The third kappa shape index (κ3) is 10.9. The van der Waals surface area contributed by atoms with Crippen LogP contribution in [0.15, 0.2) is 0 Å². The van der Waals surface area contributed by atoms with Crippen LogP contribution in [0.3, 0.4) is 0 Å². The molecule has 0 spiro atoms. The monoisotopic (exact) mass is 451 g/mol. The van der Waals surface area contributed by atoms with E-state index in [0.29, 0.717) is 12.8 Å². The number of amides is 1. The van der Waals surface area contributed by atoms with Gasteiger partial charge in [0, 0.05) is 6.92 Å². The summed E-state index contributed by atoms with van der Waals surface area (Å²) in [6.45, 7) is 2.06. The Morgan fingerprint density at radius 2 is 1.17 bits per heavy atom. The van der Waals surface area contributed by atoms with E-state index in [1.807, 2.05) is 0 Å². The Bertz CT molecular complexity index is 537. The summed E-state index contributed by atoms with van der Waals surface area (Å²) in [5.74, 6) is -2.69. The van der Waals surface area contributed by atoms with Gasteiger partial charge in [0.25, 0.3) is 0 Å². The highest BCUT2D eigenvalue weighted by molar-refractivity contribution is 7.50. The van der Waals surface area contributed by atoms with Crippen molar-refractivity contribution in [1.29, 1.82) is 0 Å². The molecule has 0 aromatic heterocycles. The predicted octanol–water partition coefficient (Wildman–Crippen LogP) is 4.61. The van der Waals surface area contributed by atoms with Crippen molar-refractivity contribution < 1.29 is 34.2 Å². The van der Waals surface area contributed by atoms with Crippen LogP contribution in [0.25, 0.3) is 0 Å². The molecule has 1 atom stereocenters. The van der Waals surface area contributed by atoms with Crippen molar-refractivity contribution in [2.45, 2.75) is 116 Å². The largest absolute Gasteiger partial charge is 0.479 e. The summed E-state index contributed by atoms with van der Waals surface area (Å²) in [5.41, 5.74) is -2.30. The Morgan fingerprint density at radius 1 is 0.800 bits per heavy atom. The first-order valence-corrected chi connectivity index (χ1v) is 12.9. The summed E-state index contributed by atoms with van der Waals surface area (Å²) in [7, 11) is -5.17. The van der Waals surface area contributed by atoms with Gasteiger partial charge in [0.15, 0.2) is 5.54 Å². The number of hydrogen-bond acceptors (Lipinski definition) is 4. The number of carbonyl (C=O) groups excluding carboxylic acids is 1. The van der Waals surface area contributed by atoms with Gasteiger partial charge in [0.2, 0.25) is 5.91 Å². The fourth-order valence-corrected chi connectivity index (χ4v) is 4.98. The van der Waals surface area contributed by atoms with Gasteiger partial charge < -0.3 is 20.0 Å². The van der Waals surface area contributed by atoms with Gasteiger partial charge in [0.1, 0.15) is 0 Å². The molecule has 0 unspecified atom stereocenters. The van der Waals surface area contributed by atoms with E-state index in [2.05, 4.69) is 6.92 Å². The number of nitrogens with zero attached hydrogens (tertiary/aromatic N) is 1. The number of carboxylic acids is 1.